The lowest BCUT2D eigenvalue weighted by atomic mass is 10.1. The molecule has 0 saturated carbocycles. The molecular weight excluding hydrogens is 383 g/mol. The van der Waals surface area contributed by atoms with E-state index in [9.17, 15) is 9.59 Å². The zero-order valence-corrected chi connectivity index (χ0v) is 15.4. The molecule has 3 N–H and O–H groups in total. The number of nitrogens with one attached hydrogen (secondary N) is 2. The second kappa shape index (κ2) is 8.99. The molecule has 0 aliphatic heterocycles. The maximum absolute atomic E-state index is 12.1. The smallest absolute Gasteiger partial charge is 0.327 e. The number of thiol groups is 1. The molecule has 0 saturated heterocycles. The Morgan fingerprint density at radius 3 is 2.32 bits per heavy atom. The molecule has 2 rings (SSSR count). The highest BCUT2D eigenvalue weighted by molar-refractivity contribution is 7.80. The molecule has 0 aromatic heterocycles. The van der Waals surface area contributed by atoms with Gasteiger partial charge in [-0.2, -0.15) is 12.6 Å². The number of aliphatic carboxylic acids is 1. The van der Waals surface area contributed by atoms with Crippen molar-refractivity contribution in [1.82, 2.24) is 5.32 Å². The van der Waals surface area contributed by atoms with Gasteiger partial charge in [-0.1, -0.05) is 47.5 Å². The van der Waals surface area contributed by atoms with Gasteiger partial charge in [0.05, 0.1) is 22.2 Å². The summed E-state index contributed by atoms with van der Waals surface area (Å²) in [5.74, 6) is -1.53. The molecule has 2 aromatic rings. The Labute approximate surface area is 160 Å². The van der Waals surface area contributed by atoms with Gasteiger partial charge < -0.3 is 15.7 Å². The van der Waals surface area contributed by atoms with Crippen LogP contribution in [0.2, 0.25) is 10.0 Å². The first-order chi connectivity index (χ1) is 11.9. The number of amides is 1. The van der Waals surface area contributed by atoms with Crippen LogP contribution in [-0.2, 0) is 16.0 Å². The number of para-hydroxylation sites is 2. The standard InChI is InChI=1S/C17H16Cl2N2O3S/c18-11-5-3-6-12(19)16(11)21-13-7-2-1-4-10(13)8-15(22)20-14(9-25)17(23)24/h1-7,14,21,25H,8-9H2,(H,20,22)(H,23,24)/t14-/m0/s1. The van der Waals surface area contributed by atoms with Gasteiger partial charge in [-0.3, -0.25) is 4.79 Å². The van der Waals surface area contributed by atoms with E-state index in [4.69, 9.17) is 28.3 Å². The minimum Gasteiger partial charge on any atom is -0.480 e. The van der Waals surface area contributed by atoms with Crippen LogP contribution in [0.4, 0.5) is 11.4 Å². The predicted octanol–water partition coefficient (Wildman–Crippen LogP) is 3.78. The normalized spacial score (nSPS) is 11.6. The Balaban J connectivity index is 2.18. The van der Waals surface area contributed by atoms with E-state index in [1.54, 1.807) is 36.4 Å². The predicted molar refractivity (Wildman–Crippen MR) is 103 cm³/mol. The molecule has 132 valence electrons. The molecule has 25 heavy (non-hydrogen) atoms. The molecule has 0 aliphatic carbocycles. The van der Waals surface area contributed by atoms with Gasteiger partial charge in [-0.15, -0.1) is 0 Å². The van der Waals surface area contributed by atoms with Crippen molar-refractivity contribution in [2.75, 3.05) is 11.1 Å². The summed E-state index contributed by atoms with van der Waals surface area (Å²) in [5, 5.41) is 15.5. The number of carbonyl (C=O) groups is 2. The first-order valence-corrected chi connectivity index (χ1v) is 8.73. The summed E-state index contributed by atoms with van der Waals surface area (Å²) in [6.45, 7) is 0. The van der Waals surface area contributed by atoms with Crippen molar-refractivity contribution in [3.05, 3.63) is 58.1 Å². The van der Waals surface area contributed by atoms with E-state index in [0.29, 0.717) is 27.0 Å². The molecule has 0 fully saturated rings. The van der Waals surface area contributed by atoms with Gasteiger partial charge in [0.1, 0.15) is 6.04 Å². The zero-order chi connectivity index (χ0) is 18.4. The van der Waals surface area contributed by atoms with Crippen LogP contribution in [0.1, 0.15) is 5.56 Å². The summed E-state index contributed by atoms with van der Waals surface area (Å²) >= 11 is 16.2. The molecule has 5 nitrogen and oxygen atoms in total. The van der Waals surface area contributed by atoms with E-state index in [1.807, 2.05) is 6.07 Å². The largest absolute Gasteiger partial charge is 0.480 e. The fraction of sp³-hybridized carbons (Fsp3) is 0.176. The zero-order valence-electron chi connectivity index (χ0n) is 13.0. The number of hydrogen-bond donors (Lipinski definition) is 4. The van der Waals surface area contributed by atoms with Crippen LogP contribution in [-0.4, -0.2) is 28.8 Å². The molecule has 1 amide bonds. The third-order valence-electron chi connectivity index (χ3n) is 3.41. The Bertz CT molecular complexity index is 766. The molecule has 0 heterocycles. The highest BCUT2D eigenvalue weighted by Gasteiger charge is 2.19. The van der Waals surface area contributed by atoms with Gasteiger partial charge in [0.2, 0.25) is 5.91 Å². The molecule has 2 aromatic carbocycles. The minimum atomic E-state index is -1.13. The Hall–Kier alpha value is -1.89. The number of carbonyl (C=O) groups excluding carboxylic acids is 1. The molecular formula is C17H16Cl2N2O3S. The van der Waals surface area contributed by atoms with Crippen LogP contribution in [0.25, 0.3) is 0 Å². The van der Waals surface area contributed by atoms with Crippen molar-refractivity contribution in [3.8, 4) is 0 Å². The molecule has 0 spiro atoms. The van der Waals surface area contributed by atoms with Crippen molar-refractivity contribution >= 4 is 59.1 Å². The molecule has 8 heteroatoms. The SMILES string of the molecule is O=C(Cc1ccccc1Nc1c(Cl)cccc1Cl)N[C@@H](CS)C(=O)O. The molecule has 0 aliphatic rings. The monoisotopic (exact) mass is 398 g/mol. The van der Waals surface area contributed by atoms with Crippen molar-refractivity contribution < 1.29 is 14.7 Å². The first kappa shape index (κ1) is 19.4. The van der Waals surface area contributed by atoms with E-state index in [0.717, 1.165) is 0 Å². The highest BCUT2D eigenvalue weighted by atomic mass is 35.5. The second-order valence-electron chi connectivity index (χ2n) is 5.20. The van der Waals surface area contributed by atoms with Crippen LogP contribution in [0.5, 0.6) is 0 Å². The molecule has 0 unspecified atom stereocenters. The van der Waals surface area contributed by atoms with Gasteiger partial charge in [-0.05, 0) is 23.8 Å². The Morgan fingerprint density at radius 1 is 1.08 bits per heavy atom. The molecule has 1 atom stereocenters. The number of rotatable bonds is 7. The second-order valence-corrected chi connectivity index (χ2v) is 6.38. The highest BCUT2D eigenvalue weighted by Crippen LogP contribution is 2.33. The molecule has 0 bridgehead atoms. The van der Waals surface area contributed by atoms with Crippen LogP contribution < -0.4 is 10.6 Å². The van der Waals surface area contributed by atoms with Gasteiger partial charge >= 0.3 is 5.97 Å². The third kappa shape index (κ3) is 5.29. The lowest BCUT2D eigenvalue weighted by molar-refractivity contribution is -0.141. The topological polar surface area (TPSA) is 78.4 Å². The number of carboxylic acid groups (broad SMARTS) is 1. The van der Waals surface area contributed by atoms with Crippen LogP contribution in [0.15, 0.2) is 42.5 Å². The van der Waals surface area contributed by atoms with E-state index < -0.39 is 17.9 Å². The van der Waals surface area contributed by atoms with Crippen molar-refractivity contribution in [2.24, 2.45) is 0 Å². The van der Waals surface area contributed by atoms with Crippen LogP contribution >= 0.6 is 35.8 Å². The van der Waals surface area contributed by atoms with Crippen LogP contribution in [0, 0.1) is 0 Å². The first-order valence-electron chi connectivity index (χ1n) is 7.34. The van der Waals surface area contributed by atoms with Crippen molar-refractivity contribution in [1.29, 1.82) is 0 Å². The number of halogens is 2. The fourth-order valence-electron chi connectivity index (χ4n) is 2.15. The Kier molecular flexibility index (Phi) is 6.99. The number of benzene rings is 2. The fourth-order valence-corrected chi connectivity index (χ4v) is 2.89. The lowest BCUT2D eigenvalue weighted by Gasteiger charge is -2.16. The van der Waals surface area contributed by atoms with E-state index in [1.165, 1.54) is 0 Å². The number of hydrogen-bond acceptors (Lipinski definition) is 4. The Morgan fingerprint density at radius 2 is 1.72 bits per heavy atom. The lowest BCUT2D eigenvalue weighted by Crippen LogP contribution is -2.42. The van der Waals surface area contributed by atoms with E-state index in [-0.39, 0.29) is 12.2 Å². The van der Waals surface area contributed by atoms with E-state index in [2.05, 4.69) is 23.3 Å². The molecule has 0 radical (unpaired) electrons. The third-order valence-corrected chi connectivity index (χ3v) is 4.40. The quantitative estimate of drug-likeness (QED) is 0.535. The summed E-state index contributed by atoms with van der Waals surface area (Å²) in [7, 11) is 0. The number of anilines is 2. The summed E-state index contributed by atoms with van der Waals surface area (Å²) in [6, 6.07) is 11.3. The maximum atomic E-state index is 12.1. The van der Waals surface area contributed by atoms with Crippen LogP contribution in [0.3, 0.4) is 0 Å². The van der Waals surface area contributed by atoms with Gasteiger partial charge in [0.25, 0.3) is 0 Å². The van der Waals surface area contributed by atoms with Gasteiger partial charge in [0.15, 0.2) is 0 Å². The summed E-state index contributed by atoms with van der Waals surface area (Å²) in [4.78, 5) is 23.1. The minimum absolute atomic E-state index is 0.00278. The maximum Gasteiger partial charge on any atom is 0.327 e. The average molecular weight is 399 g/mol. The van der Waals surface area contributed by atoms with Gasteiger partial charge in [-0.25, -0.2) is 4.79 Å². The van der Waals surface area contributed by atoms with Crippen molar-refractivity contribution in [3.63, 3.8) is 0 Å². The summed E-state index contributed by atoms with van der Waals surface area (Å²) in [5.41, 5.74) is 1.88. The summed E-state index contributed by atoms with van der Waals surface area (Å²) in [6.07, 6.45) is 0.00278. The van der Waals surface area contributed by atoms with E-state index >= 15 is 0 Å². The van der Waals surface area contributed by atoms with Crippen molar-refractivity contribution in [2.45, 2.75) is 12.5 Å². The number of carboxylic acids is 1. The van der Waals surface area contributed by atoms with Gasteiger partial charge in [0, 0.05) is 11.4 Å². The average Bonchev–Trinajstić information content (AvgIpc) is 2.57. The summed E-state index contributed by atoms with van der Waals surface area (Å²) < 4.78 is 0.